The average Bonchev–Trinajstić information content (AvgIpc) is 3.31. The van der Waals surface area contributed by atoms with Crippen LogP contribution in [0.1, 0.15) is 39.2 Å². The minimum Gasteiger partial charge on any atom is -0.489 e. The lowest BCUT2D eigenvalue weighted by molar-refractivity contribution is 0.0525. The van der Waals surface area contributed by atoms with E-state index in [1.54, 1.807) is 23.0 Å². The zero-order valence-corrected chi connectivity index (χ0v) is 21.1. The zero-order valence-electron chi connectivity index (χ0n) is 21.1. The predicted octanol–water partition coefficient (Wildman–Crippen LogP) is 4.55. The van der Waals surface area contributed by atoms with Crippen LogP contribution in [0.2, 0.25) is 0 Å². The second-order valence-corrected chi connectivity index (χ2v) is 10.0. The molecule has 0 unspecified atom stereocenters. The van der Waals surface area contributed by atoms with Gasteiger partial charge in [0, 0.05) is 31.9 Å². The Morgan fingerprint density at radius 1 is 1.14 bits per heavy atom. The van der Waals surface area contributed by atoms with Gasteiger partial charge in [-0.25, -0.2) is 9.78 Å². The fraction of sp³-hybridized carbons (Fsp3) is 0.393. The largest absolute Gasteiger partial charge is 0.489 e. The van der Waals surface area contributed by atoms with Crippen molar-refractivity contribution in [3.63, 3.8) is 0 Å². The third-order valence-corrected chi connectivity index (χ3v) is 5.98. The van der Waals surface area contributed by atoms with Gasteiger partial charge in [0.2, 0.25) is 0 Å². The van der Waals surface area contributed by atoms with Gasteiger partial charge in [-0.1, -0.05) is 30.3 Å². The molecule has 36 heavy (non-hydrogen) atoms. The topological polar surface area (TPSA) is 85.7 Å². The molecule has 1 saturated heterocycles. The third kappa shape index (κ3) is 7.10. The third-order valence-electron chi connectivity index (χ3n) is 5.98. The van der Waals surface area contributed by atoms with Crippen LogP contribution < -0.4 is 20.5 Å². The molecule has 0 saturated carbocycles. The van der Waals surface area contributed by atoms with Crippen LogP contribution in [0, 0.1) is 5.92 Å². The number of amides is 1. The van der Waals surface area contributed by atoms with E-state index in [1.165, 1.54) is 6.07 Å². The molecule has 8 nitrogen and oxygen atoms in total. The normalized spacial score (nSPS) is 15.5. The maximum absolute atomic E-state index is 12.7. The summed E-state index contributed by atoms with van der Waals surface area (Å²) in [4.78, 5) is 31.3. The average molecular weight is 491 g/mol. The first-order valence-corrected chi connectivity index (χ1v) is 12.3. The first-order chi connectivity index (χ1) is 17.3. The van der Waals surface area contributed by atoms with E-state index in [2.05, 4.69) is 15.2 Å². The summed E-state index contributed by atoms with van der Waals surface area (Å²) in [7, 11) is 0. The van der Waals surface area contributed by atoms with E-state index < -0.39 is 5.60 Å². The van der Waals surface area contributed by atoms with E-state index in [4.69, 9.17) is 9.47 Å². The first-order valence-electron chi connectivity index (χ1n) is 12.3. The lowest BCUT2D eigenvalue weighted by Crippen LogP contribution is -2.33. The Kier molecular flexibility index (Phi) is 7.93. The summed E-state index contributed by atoms with van der Waals surface area (Å²) in [6.07, 6.45) is 4.99. The number of anilines is 1. The lowest BCUT2D eigenvalue weighted by atomic mass is 10.1. The standard InChI is InChI=1S/C28H34N4O4/c1-28(2,3)36-27(34)29-14-11-21-12-15-31(19-21)25-10-9-23(18-30-25)32-16-13-24(17-26(32)33)35-20-22-7-5-4-6-8-22/h4-10,13,16-18,21H,11-12,14-15,19-20H2,1-3H3,(H,29,34)/t21-/m1/s1. The van der Waals surface area contributed by atoms with Crippen molar-refractivity contribution in [3.8, 4) is 11.4 Å². The fourth-order valence-corrected chi connectivity index (χ4v) is 4.18. The molecule has 1 fully saturated rings. The summed E-state index contributed by atoms with van der Waals surface area (Å²) in [5.74, 6) is 1.90. The molecule has 1 aliphatic rings. The number of hydrogen-bond donors (Lipinski definition) is 1. The van der Waals surface area contributed by atoms with Gasteiger partial charge in [-0.2, -0.15) is 0 Å². The van der Waals surface area contributed by atoms with Gasteiger partial charge < -0.3 is 19.7 Å². The Balaban J connectivity index is 1.28. The molecule has 0 bridgehead atoms. The Hall–Kier alpha value is -3.81. The van der Waals surface area contributed by atoms with E-state index in [9.17, 15) is 9.59 Å². The molecule has 1 atom stereocenters. The summed E-state index contributed by atoms with van der Waals surface area (Å²) in [5.41, 5.74) is 1.09. The van der Waals surface area contributed by atoms with Crippen molar-refractivity contribution in [1.82, 2.24) is 14.9 Å². The minimum absolute atomic E-state index is 0.172. The van der Waals surface area contributed by atoms with Crippen LogP contribution in [0.3, 0.4) is 0 Å². The molecule has 0 radical (unpaired) electrons. The smallest absolute Gasteiger partial charge is 0.407 e. The summed E-state index contributed by atoms with van der Waals surface area (Å²) >= 11 is 0. The minimum atomic E-state index is -0.491. The van der Waals surface area contributed by atoms with Gasteiger partial charge in [0.05, 0.1) is 11.9 Å². The van der Waals surface area contributed by atoms with Gasteiger partial charge in [-0.05, 0) is 63.3 Å². The molecule has 3 aromatic rings. The Morgan fingerprint density at radius 3 is 2.64 bits per heavy atom. The molecule has 1 aromatic carbocycles. The number of carbonyl (C=O) groups is 1. The van der Waals surface area contributed by atoms with Gasteiger partial charge in [0.15, 0.2) is 0 Å². The highest BCUT2D eigenvalue weighted by molar-refractivity contribution is 5.67. The number of nitrogens with zero attached hydrogens (tertiary/aromatic N) is 3. The highest BCUT2D eigenvalue weighted by atomic mass is 16.6. The number of benzene rings is 1. The van der Waals surface area contributed by atoms with Crippen LogP contribution in [0.25, 0.3) is 5.69 Å². The first kappa shape index (κ1) is 25.3. The molecular formula is C28H34N4O4. The quantitative estimate of drug-likeness (QED) is 0.499. The summed E-state index contributed by atoms with van der Waals surface area (Å²) in [5, 5.41) is 2.84. The van der Waals surface area contributed by atoms with Crippen LogP contribution >= 0.6 is 0 Å². The van der Waals surface area contributed by atoms with Crippen molar-refractivity contribution in [2.45, 2.75) is 45.8 Å². The number of carbonyl (C=O) groups excluding carboxylic acids is 1. The Bertz CT molecular complexity index is 1200. The molecule has 2 aromatic heterocycles. The van der Waals surface area contributed by atoms with Crippen molar-refractivity contribution in [1.29, 1.82) is 0 Å². The second-order valence-electron chi connectivity index (χ2n) is 10.0. The molecule has 3 heterocycles. The summed E-state index contributed by atoms with van der Waals surface area (Å²) in [6.45, 7) is 8.36. The Morgan fingerprint density at radius 2 is 1.94 bits per heavy atom. The number of rotatable bonds is 8. The molecule has 190 valence electrons. The van der Waals surface area contributed by atoms with Crippen molar-refractivity contribution < 1.29 is 14.3 Å². The number of aromatic nitrogens is 2. The van der Waals surface area contributed by atoms with Crippen molar-refractivity contribution >= 4 is 11.9 Å². The monoisotopic (exact) mass is 490 g/mol. The molecule has 0 aliphatic carbocycles. The number of alkyl carbamates (subject to hydrolysis) is 1. The van der Waals surface area contributed by atoms with Crippen LogP contribution in [0.5, 0.6) is 5.75 Å². The molecule has 1 aliphatic heterocycles. The summed E-state index contributed by atoms with van der Waals surface area (Å²) in [6, 6.07) is 17.0. The molecule has 1 amide bonds. The maximum atomic E-state index is 12.7. The fourth-order valence-electron chi connectivity index (χ4n) is 4.18. The Labute approximate surface area is 211 Å². The van der Waals surface area contributed by atoms with Crippen molar-refractivity contribution in [2.75, 3.05) is 24.5 Å². The van der Waals surface area contributed by atoms with Crippen molar-refractivity contribution in [3.05, 3.63) is 82.9 Å². The predicted molar refractivity (Wildman–Crippen MR) is 140 cm³/mol. The number of pyridine rings is 2. The highest BCUT2D eigenvalue weighted by Crippen LogP contribution is 2.24. The van der Waals surface area contributed by atoms with Crippen LogP contribution in [0.4, 0.5) is 10.6 Å². The van der Waals surface area contributed by atoms with Crippen LogP contribution in [-0.2, 0) is 11.3 Å². The molecule has 0 spiro atoms. The maximum Gasteiger partial charge on any atom is 0.407 e. The van der Waals surface area contributed by atoms with Gasteiger partial charge in [-0.3, -0.25) is 9.36 Å². The zero-order chi connectivity index (χ0) is 25.5. The van der Waals surface area contributed by atoms with E-state index >= 15 is 0 Å². The number of hydrogen-bond acceptors (Lipinski definition) is 6. The van der Waals surface area contributed by atoms with E-state index in [0.717, 1.165) is 37.3 Å². The highest BCUT2D eigenvalue weighted by Gasteiger charge is 2.24. The van der Waals surface area contributed by atoms with E-state index in [1.807, 2.05) is 63.2 Å². The SMILES string of the molecule is CC(C)(C)OC(=O)NCC[C@@H]1CCN(c2ccc(-n3ccc(OCc4ccccc4)cc3=O)cn2)C1. The molecule has 1 N–H and O–H groups in total. The summed E-state index contributed by atoms with van der Waals surface area (Å²) < 4.78 is 12.6. The second kappa shape index (κ2) is 11.3. The molecule has 4 rings (SSSR count). The molecular weight excluding hydrogens is 456 g/mol. The van der Waals surface area contributed by atoms with Gasteiger partial charge in [0.25, 0.3) is 5.56 Å². The number of ether oxygens (including phenoxy) is 2. The lowest BCUT2D eigenvalue weighted by Gasteiger charge is -2.20. The van der Waals surface area contributed by atoms with Gasteiger partial charge >= 0.3 is 6.09 Å². The van der Waals surface area contributed by atoms with Crippen LogP contribution in [-0.4, -0.2) is 40.9 Å². The van der Waals surface area contributed by atoms with Crippen LogP contribution in [0.15, 0.2) is 71.8 Å². The van der Waals surface area contributed by atoms with E-state index in [-0.39, 0.29) is 11.7 Å². The van der Waals surface area contributed by atoms with Gasteiger partial charge in [-0.15, -0.1) is 0 Å². The van der Waals surface area contributed by atoms with Crippen molar-refractivity contribution in [2.24, 2.45) is 5.92 Å². The number of nitrogens with one attached hydrogen (secondary N) is 1. The van der Waals surface area contributed by atoms with E-state index in [0.29, 0.717) is 30.5 Å². The molecule has 8 heteroatoms. The van der Waals surface area contributed by atoms with Gasteiger partial charge in [0.1, 0.15) is 23.8 Å².